The van der Waals surface area contributed by atoms with Gasteiger partial charge in [-0.15, -0.1) is 21.5 Å². The number of anilines is 1. The zero-order valence-electron chi connectivity index (χ0n) is 17.6. The number of phenols is 1. The Morgan fingerprint density at radius 2 is 2.12 bits per heavy atom. The van der Waals surface area contributed by atoms with Crippen molar-refractivity contribution in [1.29, 1.82) is 5.26 Å². The molecular formula is C23H23FN6OS. The van der Waals surface area contributed by atoms with Crippen LogP contribution < -0.4 is 4.90 Å². The summed E-state index contributed by atoms with van der Waals surface area (Å²) in [5.41, 5.74) is 1.77. The smallest absolute Gasteiger partial charge is 0.194 e. The van der Waals surface area contributed by atoms with Crippen molar-refractivity contribution in [2.75, 3.05) is 11.9 Å². The summed E-state index contributed by atoms with van der Waals surface area (Å²) in [5, 5.41) is 30.1. The van der Waals surface area contributed by atoms with Crippen molar-refractivity contribution in [3.8, 4) is 34.5 Å². The number of fused-ring (bicyclic) bond motifs is 2. The molecule has 2 fully saturated rings. The molecule has 3 aromatic rings. The molecule has 0 saturated heterocycles. The fourth-order valence-electron chi connectivity index (χ4n) is 5.06. The average Bonchev–Trinajstić information content (AvgIpc) is 3.31. The molecule has 2 aromatic heterocycles. The zero-order valence-corrected chi connectivity index (χ0v) is 18.5. The van der Waals surface area contributed by atoms with Crippen LogP contribution in [0.2, 0.25) is 0 Å². The Morgan fingerprint density at radius 1 is 1.25 bits per heavy atom. The number of nitrogens with zero attached hydrogens (tertiary/aromatic N) is 6. The minimum absolute atomic E-state index is 0.000778. The molecular weight excluding hydrogens is 427 g/mol. The largest absolute Gasteiger partial charge is 0.507 e. The van der Waals surface area contributed by atoms with Crippen LogP contribution in [0.15, 0.2) is 29.8 Å². The van der Waals surface area contributed by atoms with E-state index >= 15 is 4.39 Å². The molecule has 2 aliphatic rings. The number of hydrogen-bond acceptors (Lipinski definition) is 8. The maximum absolute atomic E-state index is 15.1. The van der Waals surface area contributed by atoms with Gasteiger partial charge < -0.3 is 10.0 Å². The van der Waals surface area contributed by atoms with Gasteiger partial charge in [-0.05, 0) is 43.2 Å². The van der Waals surface area contributed by atoms with Gasteiger partial charge in [-0.2, -0.15) is 5.26 Å². The number of thiazole rings is 1. The van der Waals surface area contributed by atoms with Crippen LogP contribution in [0.5, 0.6) is 5.75 Å². The molecule has 1 aromatic carbocycles. The van der Waals surface area contributed by atoms with Gasteiger partial charge in [0.05, 0.1) is 23.5 Å². The quantitative estimate of drug-likeness (QED) is 0.620. The van der Waals surface area contributed by atoms with E-state index in [9.17, 15) is 5.11 Å². The highest BCUT2D eigenvalue weighted by atomic mass is 32.1. The van der Waals surface area contributed by atoms with E-state index in [0.29, 0.717) is 39.4 Å². The summed E-state index contributed by atoms with van der Waals surface area (Å²) >= 11 is 1.25. The Bertz CT molecular complexity index is 1160. The number of benzene rings is 1. The highest BCUT2D eigenvalue weighted by Crippen LogP contribution is 2.43. The van der Waals surface area contributed by atoms with E-state index < -0.39 is 6.17 Å². The van der Waals surface area contributed by atoms with Crippen LogP contribution in [0.3, 0.4) is 0 Å². The number of phenolic OH excluding ortho intramolecular Hbond substituents is 1. The molecule has 2 bridgehead atoms. The van der Waals surface area contributed by atoms with Crippen LogP contribution in [0.25, 0.3) is 22.6 Å². The summed E-state index contributed by atoms with van der Waals surface area (Å²) in [6.45, 7) is 0. The van der Waals surface area contributed by atoms with Crippen molar-refractivity contribution in [2.24, 2.45) is 11.8 Å². The van der Waals surface area contributed by atoms with Crippen molar-refractivity contribution in [1.82, 2.24) is 20.2 Å². The highest BCUT2D eigenvalue weighted by Gasteiger charge is 2.42. The monoisotopic (exact) mass is 450 g/mol. The lowest BCUT2D eigenvalue weighted by atomic mass is 9.69. The Balaban J connectivity index is 1.35. The molecule has 4 atom stereocenters. The second-order valence-corrected chi connectivity index (χ2v) is 9.53. The van der Waals surface area contributed by atoms with Gasteiger partial charge in [-0.25, -0.2) is 14.4 Å². The predicted octanol–water partition coefficient (Wildman–Crippen LogP) is 4.59. The predicted molar refractivity (Wildman–Crippen MR) is 120 cm³/mol. The summed E-state index contributed by atoms with van der Waals surface area (Å²) in [6, 6.07) is 6.88. The van der Waals surface area contributed by atoms with Gasteiger partial charge in [0.2, 0.25) is 0 Å². The summed E-state index contributed by atoms with van der Waals surface area (Å²) < 4.78 is 15.1. The number of nitriles is 1. The van der Waals surface area contributed by atoms with Gasteiger partial charge >= 0.3 is 0 Å². The maximum atomic E-state index is 15.1. The molecule has 2 aliphatic carbocycles. The number of alkyl halides is 1. The number of hydrogen-bond donors (Lipinski definition) is 1. The lowest BCUT2D eigenvalue weighted by molar-refractivity contribution is 0.0656. The average molecular weight is 451 g/mol. The molecule has 5 rings (SSSR count). The van der Waals surface area contributed by atoms with Crippen LogP contribution in [0, 0.1) is 23.2 Å². The highest BCUT2D eigenvalue weighted by molar-refractivity contribution is 7.10. The molecule has 2 heterocycles. The molecule has 0 amide bonds. The van der Waals surface area contributed by atoms with E-state index in [-0.39, 0.29) is 17.7 Å². The third-order valence-corrected chi connectivity index (χ3v) is 7.51. The van der Waals surface area contributed by atoms with Crippen molar-refractivity contribution < 1.29 is 9.50 Å². The Kier molecular flexibility index (Phi) is 5.47. The van der Waals surface area contributed by atoms with Crippen LogP contribution in [-0.2, 0) is 0 Å². The van der Waals surface area contributed by atoms with Gasteiger partial charge in [0.25, 0.3) is 0 Å². The minimum Gasteiger partial charge on any atom is -0.507 e. The molecule has 0 aliphatic heterocycles. The first-order valence-corrected chi connectivity index (χ1v) is 11.7. The van der Waals surface area contributed by atoms with Gasteiger partial charge in [-0.1, -0.05) is 18.9 Å². The van der Waals surface area contributed by atoms with Gasteiger partial charge in [0.15, 0.2) is 16.6 Å². The van der Waals surface area contributed by atoms with E-state index in [2.05, 4.69) is 20.2 Å². The van der Waals surface area contributed by atoms with Crippen LogP contribution in [0.4, 0.5) is 10.2 Å². The molecule has 7 nitrogen and oxygen atoms in total. The van der Waals surface area contributed by atoms with E-state index in [1.165, 1.54) is 17.8 Å². The second-order valence-electron chi connectivity index (χ2n) is 8.67. The second kappa shape index (κ2) is 8.43. The lowest BCUT2D eigenvalue weighted by Gasteiger charge is -2.45. The van der Waals surface area contributed by atoms with Gasteiger partial charge in [0.1, 0.15) is 18.0 Å². The van der Waals surface area contributed by atoms with Crippen LogP contribution in [-0.4, -0.2) is 44.5 Å². The number of aromatic nitrogens is 4. The first-order valence-electron chi connectivity index (χ1n) is 10.8. The SMILES string of the molecule is CN(c1cnc(-c2ccc(-c3csc(C#N)n3)cc2O)nn1)[C@@H]1C[C@H]2CCC[C@H](C2)[C@@H]1F. The molecule has 9 heteroatoms. The van der Waals surface area contributed by atoms with Crippen molar-refractivity contribution >= 4 is 17.2 Å². The molecule has 1 N–H and O–H groups in total. The third kappa shape index (κ3) is 3.79. The summed E-state index contributed by atoms with van der Waals surface area (Å²) in [5.74, 6) is 1.56. The standard InChI is InChI=1S/C23H23FN6OS/c1-30(18-8-13-3-2-4-15(7-13)22(18)24)20-11-26-23(29-28-20)16-6-5-14(9-19(16)31)17-12-32-21(10-25)27-17/h5-6,9,11-13,15,18,22,31H,2-4,7-8H2,1H3/t13-,15+,18+,22-/m0/s1. The fraction of sp³-hybridized carbons (Fsp3) is 0.435. The van der Waals surface area contributed by atoms with Gasteiger partial charge in [-0.3, -0.25) is 0 Å². The zero-order chi connectivity index (χ0) is 22.2. The van der Waals surface area contributed by atoms with E-state index in [0.717, 1.165) is 25.7 Å². The van der Waals surface area contributed by atoms with Gasteiger partial charge in [0, 0.05) is 18.0 Å². The molecule has 0 unspecified atom stereocenters. The van der Waals surface area contributed by atoms with Crippen LogP contribution in [0.1, 0.15) is 37.1 Å². The fourth-order valence-corrected chi connectivity index (χ4v) is 5.67. The number of aromatic hydroxyl groups is 1. The summed E-state index contributed by atoms with van der Waals surface area (Å²) in [4.78, 5) is 10.5. The third-order valence-electron chi connectivity index (χ3n) is 6.76. The molecule has 0 radical (unpaired) electrons. The Labute approximate surface area is 189 Å². The van der Waals surface area contributed by atoms with Crippen molar-refractivity contribution in [3.63, 3.8) is 0 Å². The van der Waals surface area contributed by atoms with Crippen molar-refractivity contribution in [2.45, 2.75) is 44.3 Å². The molecule has 164 valence electrons. The number of rotatable bonds is 4. The molecule has 0 spiro atoms. The first-order chi connectivity index (χ1) is 15.5. The normalized spacial score (nSPS) is 24.7. The number of halogens is 1. The molecule has 2 saturated carbocycles. The Morgan fingerprint density at radius 3 is 2.84 bits per heavy atom. The lowest BCUT2D eigenvalue weighted by Crippen LogP contribution is -2.49. The maximum Gasteiger partial charge on any atom is 0.194 e. The minimum atomic E-state index is -0.859. The summed E-state index contributed by atoms with van der Waals surface area (Å²) in [7, 11) is 1.86. The first kappa shape index (κ1) is 20.8. The van der Waals surface area contributed by atoms with Crippen molar-refractivity contribution in [3.05, 3.63) is 34.8 Å². The Hall–Kier alpha value is -3.12. The van der Waals surface area contributed by atoms with E-state index in [1.807, 2.05) is 18.0 Å². The van der Waals surface area contributed by atoms with E-state index in [4.69, 9.17) is 5.26 Å². The summed E-state index contributed by atoms with van der Waals surface area (Å²) in [6.07, 6.45) is 5.86. The molecule has 32 heavy (non-hydrogen) atoms. The van der Waals surface area contributed by atoms with Crippen LogP contribution >= 0.6 is 11.3 Å². The topological polar surface area (TPSA) is 98.8 Å². The van der Waals surface area contributed by atoms with E-state index in [1.54, 1.807) is 29.8 Å².